The number of nitrogens with one attached hydrogen (secondary N) is 2. The van der Waals surface area contributed by atoms with Gasteiger partial charge in [-0.25, -0.2) is 13.8 Å². The van der Waals surface area contributed by atoms with Crippen molar-refractivity contribution in [3.05, 3.63) is 70.4 Å². The third kappa shape index (κ3) is 6.24. The molecule has 3 aromatic rings. The van der Waals surface area contributed by atoms with Crippen LogP contribution in [0.25, 0.3) is 11.0 Å². The number of aromatic nitrogens is 3. The molecule has 0 saturated heterocycles. The average Bonchev–Trinajstić information content (AvgIpc) is 3.23. The van der Waals surface area contributed by atoms with Gasteiger partial charge in [0.25, 0.3) is 11.5 Å². The number of hydrogen-bond acceptors (Lipinski definition) is 4. The van der Waals surface area contributed by atoms with Crippen LogP contribution in [0.5, 0.6) is 0 Å². The van der Waals surface area contributed by atoms with Crippen molar-refractivity contribution in [3.63, 3.8) is 0 Å². The van der Waals surface area contributed by atoms with Crippen LogP contribution in [0.1, 0.15) is 44.5 Å². The summed E-state index contributed by atoms with van der Waals surface area (Å²) in [6.45, 7) is 2.93. The number of carbonyl (C=O) groups is 2. The van der Waals surface area contributed by atoms with Gasteiger partial charge < -0.3 is 19.8 Å². The topological polar surface area (TPSA) is 100 Å². The summed E-state index contributed by atoms with van der Waals surface area (Å²) in [7, 11) is 3.31. The SMILES string of the molecule is CC(C)C(F)(F)c1cccc2[nH]c(Cn3cccc(NC(=O)CCC/C=C/C(=O)N(C)C)c3=O)nc12. The van der Waals surface area contributed by atoms with Gasteiger partial charge in [0.05, 0.1) is 17.6 Å². The van der Waals surface area contributed by atoms with Gasteiger partial charge in [-0.2, -0.15) is 0 Å². The highest BCUT2D eigenvalue weighted by Gasteiger charge is 2.37. The second kappa shape index (κ2) is 11.3. The number of H-pyrrole nitrogens is 1. The molecule has 0 unspecified atom stereocenters. The fourth-order valence-electron chi connectivity index (χ4n) is 3.58. The Morgan fingerprint density at radius 3 is 2.67 bits per heavy atom. The molecule has 0 radical (unpaired) electrons. The van der Waals surface area contributed by atoms with E-state index in [-0.39, 0.29) is 41.5 Å². The zero-order valence-corrected chi connectivity index (χ0v) is 20.8. The maximum atomic E-state index is 14.7. The van der Waals surface area contributed by atoms with E-state index in [0.29, 0.717) is 24.2 Å². The molecular formula is C26H31F2N5O3. The predicted molar refractivity (Wildman–Crippen MR) is 135 cm³/mol. The van der Waals surface area contributed by atoms with Crippen molar-refractivity contribution in [1.29, 1.82) is 0 Å². The summed E-state index contributed by atoms with van der Waals surface area (Å²) in [4.78, 5) is 45.5. The highest BCUT2D eigenvalue weighted by molar-refractivity contribution is 5.90. The zero-order chi connectivity index (χ0) is 26.5. The molecule has 2 amide bonds. The first-order chi connectivity index (χ1) is 17.0. The second-order valence-corrected chi connectivity index (χ2v) is 9.09. The number of carbonyl (C=O) groups excluding carboxylic acids is 2. The van der Waals surface area contributed by atoms with Crippen molar-refractivity contribution in [3.8, 4) is 0 Å². The number of imidazole rings is 1. The van der Waals surface area contributed by atoms with Crippen LogP contribution in [-0.2, 0) is 22.1 Å². The minimum absolute atomic E-state index is 0.0224. The van der Waals surface area contributed by atoms with E-state index in [1.165, 1.54) is 41.5 Å². The molecule has 0 aliphatic rings. The van der Waals surface area contributed by atoms with Crippen LogP contribution in [0, 0.1) is 5.92 Å². The van der Waals surface area contributed by atoms with Crippen molar-refractivity contribution in [2.24, 2.45) is 5.92 Å². The number of allylic oxidation sites excluding steroid dienone is 1. The number of fused-ring (bicyclic) bond motifs is 1. The van der Waals surface area contributed by atoms with Crippen LogP contribution >= 0.6 is 0 Å². The average molecular weight is 500 g/mol. The number of benzene rings is 1. The van der Waals surface area contributed by atoms with Crippen molar-refractivity contribution in [1.82, 2.24) is 19.4 Å². The van der Waals surface area contributed by atoms with Gasteiger partial charge in [-0.3, -0.25) is 14.4 Å². The van der Waals surface area contributed by atoms with E-state index in [4.69, 9.17) is 0 Å². The van der Waals surface area contributed by atoms with Crippen LogP contribution in [0.3, 0.4) is 0 Å². The molecule has 8 nitrogen and oxygen atoms in total. The van der Waals surface area contributed by atoms with E-state index in [2.05, 4.69) is 15.3 Å². The third-order valence-electron chi connectivity index (χ3n) is 5.74. The molecule has 2 heterocycles. The molecule has 0 bridgehead atoms. The Morgan fingerprint density at radius 2 is 1.97 bits per heavy atom. The predicted octanol–water partition coefficient (Wildman–Crippen LogP) is 4.27. The lowest BCUT2D eigenvalue weighted by molar-refractivity contribution is -0.123. The molecule has 0 atom stereocenters. The minimum Gasteiger partial charge on any atom is -0.345 e. The quantitative estimate of drug-likeness (QED) is 0.321. The molecule has 10 heteroatoms. The molecule has 36 heavy (non-hydrogen) atoms. The van der Waals surface area contributed by atoms with Crippen LogP contribution in [-0.4, -0.2) is 45.3 Å². The summed E-state index contributed by atoms with van der Waals surface area (Å²) in [6.07, 6.45) is 5.97. The number of rotatable bonds is 10. The number of alkyl halides is 2. The lowest BCUT2D eigenvalue weighted by Gasteiger charge is -2.20. The molecular weight excluding hydrogens is 468 g/mol. The highest BCUT2D eigenvalue weighted by atomic mass is 19.3. The van der Waals surface area contributed by atoms with Crippen molar-refractivity contribution < 1.29 is 18.4 Å². The van der Waals surface area contributed by atoms with E-state index in [1.807, 2.05) is 0 Å². The number of para-hydroxylation sites is 1. The normalized spacial score (nSPS) is 12.0. The summed E-state index contributed by atoms with van der Waals surface area (Å²) in [5, 5.41) is 2.62. The Labute approximate surface area is 208 Å². The number of likely N-dealkylation sites (N-methyl/N-ethyl adjacent to an activating group) is 1. The van der Waals surface area contributed by atoms with Gasteiger partial charge >= 0.3 is 0 Å². The zero-order valence-electron chi connectivity index (χ0n) is 20.8. The molecule has 2 N–H and O–H groups in total. The molecule has 0 aliphatic carbocycles. The van der Waals surface area contributed by atoms with E-state index in [0.717, 1.165) is 0 Å². The third-order valence-corrected chi connectivity index (χ3v) is 5.74. The first-order valence-corrected chi connectivity index (χ1v) is 11.7. The number of halogens is 2. The smallest absolute Gasteiger partial charge is 0.277 e. The molecule has 3 rings (SSSR count). The van der Waals surface area contributed by atoms with Crippen LogP contribution in [0.4, 0.5) is 14.5 Å². The number of nitrogens with zero attached hydrogens (tertiary/aromatic N) is 3. The second-order valence-electron chi connectivity index (χ2n) is 9.09. The van der Waals surface area contributed by atoms with Gasteiger partial charge in [0, 0.05) is 38.2 Å². The highest BCUT2D eigenvalue weighted by Crippen LogP contribution is 2.38. The van der Waals surface area contributed by atoms with E-state index >= 15 is 0 Å². The number of hydrogen-bond donors (Lipinski definition) is 2. The number of anilines is 1. The minimum atomic E-state index is -3.05. The molecule has 0 saturated carbocycles. The van der Waals surface area contributed by atoms with E-state index in [9.17, 15) is 23.2 Å². The molecule has 1 aromatic carbocycles. The van der Waals surface area contributed by atoms with Gasteiger partial charge in [0.15, 0.2) is 0 Å². The van der Waals surface area contributed by atoms with Crippen molar-refractivity contribution in [2.45, 2.75) is 45.6 Å². The fraction of sp³-hybridized carbons (Fsp3) is 0.385. The molecule has 0 aliphatic heterocycles. The van der Waals surface area contributed by atoms with E-state index < -0.39 is 17.4 Å². The lowest BCUT2D eigenvalue weighted by atomic mass is 9.97. The number of aromatic amines is 1. The van der Waals surface area contributed by atoms with Crippen LogP contribution in [0.15, 0.2) is 53.5 Å². The van der Waals surface area contributed by atoms with Gasteiger partial charge in [0.2, 0.25) is 11.8 Å². The lowest BCUT2D eigenvalue weighted by Crippen LogP contribution is -2.26. The first kappa shape index (κ1) is 26.8. The monoisotopic (exact) mass is 499 g/mol. The molecule has 192 valence electrons. The molecule has 2 aromatic heterocycles. The maximum Gasteiger partial charge on any atom is 0.277 e. The summed E-state index contributed by atoms with van der Waals surface area (Å²) in [5.41, 5.74) is 0.151. The van der Waals surface area contributed by atoms with Gasteiger partial charge in [-0.15, -0.1) is 0 Å². The van der Waals surface area contributed by atoms with Gasteiger partial charge in [0.1, 0.15) is 11.5 Å². The van der Waals surface area contributed by atoms with Crippen LogP contribution in [0.2, 0.25) is 0 Å². The Kier molecular flexibility index (Phi) is 8.39. The Morgan fingerprint density at radius 1 is 1.22 bits per heavy atom. The summed E-state index contributed by atoms with van der Waals surface area (Å²) >= 11 is 0. The Bertz CT molecular complexity index is 1320. The first-order valence-electron chi connectivity index (χ1n) is 11.7. The van der Waals surface area contributed by atoms with Crippen molar-refractivity contribution >= 4 is 28.5 Å². The summed E-state index contributed by atoms with van der Waals surface area (Å²) < 4.78 is 30.8. The largest absolute Gasteiger partial charge is 0.345 e. The Balaban J connectivity index is 1.69. The van der Waals surface area contributed by atoms with Crippen LogP contribution < -0.4 is 10.9 Å². The molecule has 0 fully saturated rings. The summed E-state index contributed by atoms with van der Waals surface area (Å²) in [6, 6.07) is 7.70. The molecule has 0 spiro atoms. The number of unbranched alkanes of at least 4 members (excludes halogenated alkanes) is 1. The summed E-state index contributed by atoms with van der Waals surface area (Å²) in [5.74, 6) is -4.05. The number of pyridine rings is 1. The maximum absolute atomic E-state index is 14.7. The van der Waals surface area contributed by atoms with Crippen molar-refractivity contribution in [2.75, 3.05) is 19.4 Å². The fourth-order valence-corrected chi connectivity index (χ4v) is 3.58. The Hall–Kier alpha value is -3.82. The van der Waals surface area contributed by atoms with Gasteiger partial charge in [-0.05, 0) is 37.1 Å². The standard InChI is InChI=1S/C26H31F2N5O3/c1-17(2)26(27,28)18-10-8-11-19-24(18)31-21(29-19)16-33-15-9-12-20(25(33)36)30-22(34)13-6-5-7-14-23(35)32(3)4/h7-12,14-15,17H,5-6,13,16H2,1-4H3,(H,29,31)(H,30,34)/b14-7+. The van der Waals surface area contributed by atoms with E-state index in [1.54, 1.807) is 44.6 Å². The van der Waals surface area contributed by atoms with Gasteiger partial charge in [-0.1, -0.05) is 32.1 Å². The number of amides is 2.